The number of aromatic amines is 1. The predicted octanol–water partition coefficient (Wildman–Crippen LogP) is 2.64. The molecule has 8 heteroatoms. The van der Waals surface area contributed by atoms with Gasteiger partial charge >= 0.3 is 0 Å². The molecule has 0 fully saturated rings. The maximum Gasteiger partial charge on any atom is 0.221 e. The fourth-order valence-electron chi connectivity index (χ4n) is 4.53. The molecule has 2 aromatic carbocycles. The molecule has 3 aromatic rings. The number of aromatic nitrogens is 1. The summed E-state index contributed by atoms with van der Waals surface area (Å²) < 4.78 is 19.6. The number of aliphatic hydroxyl groups excluding tert-OH is 1. The first kappa shape index (κ1) is 22.9. The van der Waals surface area contributed by atoms with E-state index in [1.165, 1.54) is 19.1 Å². The van der Waals surface area contributed by atoms with Crippen molar-refractivity contribution in [1.29, 1.82) is 0 Å². The number of amides is 1. The van der Waals surface area contributed by atoms with Crippen molar-refractivity contribution in [2.24, 2.45) is 5.73 Å². The zero-order chi connectivity index (χ0) is 23.7. The normalized spacial score (nSPS) is 14.8. The van der Waals surface area contributed by atoms with Gasteiger partial charge in [-0.1, -0.05) is 6.07 Å². The first-order valence-corrected chi connectivity index (χ1v) is 11.0. The van der Waals surface area contributed by atoms with Crippen molar-refractivity contribution in [3.8, 4) is 5.75 Å². The summed E-state index contributed by atoms with van der Waals surface area (Å²) in [5, 5.41) is 11.5. The van der Waals surface area contributed by atoms with Gasteiger partial charge in [0.1, 0.15) is 24.3 Å². The molecule has 1 amide bonds. The number of halogens is 1. The number of β-amino-alcohol motifs (C(OH)–C–C–N with tert-alkyl or cyclic N) is 1. The molecule has 0 bridgehead atoms. The van der Waals surface area contributed by atoms with Gasteiger partial charge < -0.3 is 20.6 Å². The topological polar surface area (TPSA) is 109 Å². The summed E-state index contributed by atoms with van der Waals surface area (Å²) in [4.78, 5) is 29.1. The number of benzene rings is 2. The first-order valence-electron chi connectivity index (χ1n) is 11.0. The number of nitrogens with two attached hydrogens (primary N) is 1. The molecular weight excluding hydrogens is 425 g/mol. The minimum absolute atomic E-state index is 0.0407. The van der Waals surface area contributed by atoms with Crippen molar-refractivity contribution in [3.05, 3.63) is 64.1 Å². The van der Waals surface area contributed by atoms with Gasteiger partial charge in [-0.2, -0.15) is 0 Å². The number of nitrogens with zero attached hydrogens (tertiary/aromatic N) is 1. The molecule has 4 rings (SSSR count). The van der Waals surface area contributed by atoms with Crippen LogP contribution >= 0.6 is 0 Å². The van der Waals surface area contributed by atoms with Crippen LogP contribution in [-0.2, 0) is 24.2 Å². The number of primary amides is 1. The van der Waals surface area contributed by atoms with E-state index in [4.69, 9.17) is 10.5 Å². The van der Waals surface area contributed by atoms with Gasteiger partial charge in [0.15, 0.2) is 5.78 Å². The third-order valence-electron chi connectivity index (χ3n) is 5.96. The van der Waals surface area contributed by atoms with Crippen molar-refractivity contribution in [1.82, 2.24) is 9.88 Å². The van der Waals surface area contributed by atoms with Crippen LogP contribution in [0.15, 0.2) is 30.3 Å². The Morgan fingerprint density at radius 1 is 1.30 bits per heavy atom. The van der Waals surface area contributed by atoms with Crippen LogP contribution in [-0.4, -0.2) is 52.5 Å². The molecule has 174 valence electrons. The molecule has 1 aliphatic rings. The number of carbonyl (C=O) groups is 2. The number of nitrogens with one attached hydrogen (secondary N) is 1. The number of fused-ring (bicyclic) bond motifs is 3. The standard InChI is InChI=1S/C25H28FN3O4/c1-14-7-16(9-24(27)32)25(19(8-14)15(2)30)33-13-18(31)11-29-6-5-23-21(12-29)20-10-17(26)3-4-22(20)28-23/h3-4,7-8,10,18,28,31H,5-6,9,11-13H2,1-2H3,(H2,27,32). The number of carbonyl (C=O) groups excluding carboxylic acids is 2. The second kappa shape index (κ2) is 9.33. The van der Waals surface area contributed by atoms with Crippen LogP contribution in [0.25, 0.3) is 10.9 Å². The van der Waals surface area contributed by atoms with Crippen molar-refractivity contribution in [2.75, 3.05) is 19.7 Å². The number of H-pyrrole nitrogens is 1. The van der Waals surface area contributed by atoms with E-state index in [0.717, 1.165) is 40.7 Å². The van der Waals surface area contributed by atoms with Gasteiger partial charge in [-0.25, -0.2) is 4.39 Å². The molecular formula is C25H28FN3O4. The van der Waals surface area contributed by atoms with E-state index >= 15 is 0 Å². The third-order valence-corrected chi connectivity index (χ3v) is 5.96. The Labute approximate surface area is 191 Å². The summed E-state index contributed by atoms with van der Waals surface area (Å²) >= 11 is 0. The maximum absolute atomic E-state index is 13.7. The minimum atomic E-state index is -0.823. The highest BCUT2D eigenvalue weighted by molar-refractivity contribution is 5.98. The molecule has 0 saturated carbocycles. The summed E-state index contributed by atoms with van der Waals surface area (Å²) in [7, 11) is 0. The number of aryl methyl sites for hydroxylation is 1. The van der Waals surface area contributed by atoms with Gasteiger partial charge in [-0.05, 0) is 49.2 Å². The molecule has 1 aliphatic heterocycles. The Morgan fingerprint density at radius 2 is 2.09 bits per heavy atom. The van der Waals surface area contributed by atoms with Gasteiger partial charge in [0.25, 0.3) is 0 Å². The summed E-state index contributed by atoms with van der Waals surface area (Å²) in [6, 6.07) is 8.19. The van der Waals surface area contributed by atoms with E-state index in [-0.39, 0.29) is 24.6 Å². The van der Waals surface area contributed by atoms with Crippen LogP contribution < -0.4 is 10.5 Å². The van der Waals surface area contributed by atoms with E-state index in [1.54, 1.807) is 18.2 Å². The van der Waals surface area contributed by atoms with Crippen molar-refractivity contribution >= 4 is 22.6 Å². The van der Waals surface area contributed by atoms with Gasteiger partial charge in [-0.3, -0.25) is 14.5 Å². The zero-order valence-electron chi connectivity index (χ0n) is 18.8. The number of ketones is 1. The zero-order valence-corrected chi connectivity index (χ0v) is 18.8. The summed E-state index contributed by atoms with van der Waals surface area (Å²) in [6.45, 7) is 4.91. The predicted molar refractivity (Wildman–Crippen MR) is 123 cm³/mol. The van der Waals surface area contributed by atoms with Crippen molar-refractivity contribution in [3.63, 3.8) is 0 Å². The quantitative estimate of drug-likeness (QED) is 0.455. The van der Waals surface area contributed by atoms with Gasteiger partial charge in [0.2, 0.25) is 5.91 Å². The van der Waals surface area contributed by atoms with Crippen LogP contribution in [0.1, 0.15) is 39.7 Å². The molecule has 1 aromatic heterocycles. The molecule has 0 aliphatic carbocycles. The third kappa shape index (κ3) is 5.07. The fraction of sp³-hybridized carbons (Fsp3) is 0.360. The van der Waals surface area contributed by atoms with Gasteiger partial charge in [-0.15, -0.1) is 0 Å². The monoisotopic (exact) mass is 453 g/mol. The van der Waals surface area contributed by atoms with Crippen LogP contribution in [0.4, 0.5) is 4.39 Å². The molecule has 33 heavy (non-hydrogen) atoms. The molecule has 0 saturated heterocycles. The summed E-state index contributed by atoms with van der Waals surface area (Å²) in [5.74, 6) is -0.705. The Morgan fingerprint density at radius 3 is 2.82 bits per heavy atom. The van der Waals surface area contributed by atoms with E-state index in [2.05, 4.69) is 9.88 Å². The second-order valence-electron chi connectivity index (χ2n) is 8.72. The molecule has 2 heterocycles. The highest BCUT2D eigenvalue weighted by Crippen LogP contribution is 2.29. The molecule has 0 radical (unpaired) electrons. The molecule has 1 unspecified atom stereocenters. The van der Waals surface area contributed by atoms with Crippen LogP contribution in [0, 0.1) is 12.7 Å². The summed E-state index contributed by atoms with van der Waals surface area (Å²) in [5.41, 5.74) is 10.1. The number of hydrogen-bond acceptors (Lipinski definition) is 5. The lowest BCUT2D eigenvalue weighted by Gasteiger charge is -2.29. The highest BCUT2D eigenvalue weighted by atomic mass is 19.1. The Hall–Kier alpha value is -3.23. The SMILES string of the molecule is CC(=O)c1cc(C)cc(CC(N)=O)c1OCC(O)CN1CCc2[nH]c3ccc(F)cc3c2C1. The Kier molecular flexibility index (Phi) is 6.49. The molecule has 4 N–H and O–H groups in total. The lowest BCUT2D eigenvalue weighted by Crippen LogP contribution is -2.38. The molecule has 1 atom stereocenters. The van der Waals surface area contributed by atoms with Crippen LogP contribution in [0.2, 0.25) is 0 Å². The van der Waals surface area contributed by atoms with Crippen LogP contribution in [0.3, 0.4) is 0 Å². The van der Waals surface area contributed by atoms with Gasteiger partial charge in [0.05, 0.1) is 12.0 Å². The average Bonchev–Trinajstić information content (AvgIpc) is 3.09. The average molecular weight is 454 g/mol. The lowest BCUT2D eigenvalue weighted by molar-refractivity contribution is -0.117. The second-order valence-corrected chi connectivity index (χ2v) is 8.72. The molecule has 7 nitrogen and oxygen atoms in total. The van der Waals surface area contributed by atoms with E-state index in [9.17, 15) is 19.1 Å². The highest BCUT2D eigenvalue weighted by Gasteiger charge is 2.24. The number of Topliss-reactive ketones (excluding diaryl/α,β-unsaturated/α-hetero) is 1. The molecule has 0 spiro atoms. The number of ether oxygens (including phenoxy) is 1. The first-order chi connectivity index (χ1) is 15.7. The lowest BCUT2D eigenvalue weighted by atomic mass is 10.00. The Balaban J connectivity index is 1.46. The van der Waals surface area contributed by atoms with E-state index < -0.39 is 12.0 Å². The minimum Gasteiger partial charge on any atom is -0.490 e. The fourth-order valence-corrected chi connectivity index (χ4v) is 4.53. The van der Waals surface area contributed by atoms with Crippen LogP contribution in [0.5, 0.6) is 5.75 Å². The number of aliphatic hydroxyl groups is 1. The summed E-state index contributed by atoms with van der Waals surface area (Å²) in [6.07, 6.45) is -0.107. The number of hydrogen-bond donors (Lipinski definition) is 3. The van der Waals surface area contributed by atoms with Crippen molar-refractivity contribution in [2.45, 2.75) is 39.3 Å². The Bertz CT molecular complexity index is 1220. The maximum atomic E-state index is 13.7. The number of rotatable bonds is 8. The van der Waals surface area contributed by atoms with Gasteiger partial charge in [0, 0.05) is 48.2 Å². The van der Waals surface area contributed by atoms with Crippen molar-refractivity contribution < 1.29 is 23.8 Å². The van der Waals surface area contributed by atoms with E-state index in [1.807, 2.05) is 6.92 Å². The smallest absolute Gasteiger partial charge is 0.221 e. The van der Waals surface area contributed by atoms with E-state index in [0.29, 0.717) is 30.0 Å². The largest absolute Gasteiger partial charge is 0.490 e.